The summed E-state index contributed by atoms with van der Waals surface area (Å²) >= 11 is 0. The highest BCUT2D eigenvalue weighted by molar-refractivity contribution is 7.89. The van der Waals surface area contributed by atoms with Gasteiger partial charge in [0.15, 0.2) is 0 Å². The molecule has 1 saturated carbocycles. The summed E-state index contributed by atoms with van der Waals surface area (Å²) < 4.78 is 39.9. The van der Waals surface area contributed by atoms with E-state index < -0.39 is 15.8 Å². The van der Waals surface area contributed by atoms with Crippen molar-refractivity contribution in [2.75, 3.05) is 31.7 Å². The first-order valence-corrected chi connectivity index (χ1v) is 10.6. The van der Waals surface area contributed by atoms with Crippen LogP contribution in [0.3, 0.4) is 0 Å². The third-order valence-electron chi connectivity index (χ3n) is 4.77. The molecule has 1 fully saturated rings. The fraction of sp³-hybridized carbons (Fsp3) is 0.611. The number of nitrogens with zero attached hydrogens (tertiary/aromatic N) is 1. The van der Waals surface area contributed by atoms with Crippen molar-refractivity contribution < 1.29 is 17.6 Å². The standard InChI is InChI=1S/C18H28FN3O3S/c1-4-26(24,25)21-14-7-5-13(6-8-14)12-20-15-9-10-17(19)16(11-15)18(23)22(2)3/h9-11,13-14,20-21H,4-8,12H2,1-3H3. The first-order valence-electron chi connectivity index (χ1n) is 8.97. The largest absolute Gasteiger partial charge is 0.385 e. The number of carbonyl (C=O) groups is 1. The van der Waals surface area contributed by atoms with Crippen LogP contribution in [0.15, 0.2) is 18.2 Å². The van der Waals surface area contributed by atoms with Gasteiger partial charge in [0.25, 0.3) is 5.91 Å². The van der Waals surface area contributed by atoms with Gasteiger partial charge in [-0.2, -0.15) is 0 Å². The number of hydrogen-bond donors (Lipinski definition) is 2. The van der Waals surface area contributed by atoms with Crippen LogP contribution >= 0.6 is 0 Å². The number of rotatable bonds is 7. The topological polar surface area (TPSA) is 78.5 Å². The maximum Gasteiger partial charge on any atom is 0.256 e. The van der Waals surface area contributed by atoms with Gasteiger partial charge in [-0.25, -0.2) is 17.5 Å². The molecule has 0 radical (unpaired) electrons. The van der Waals surface area contributed by atoms with Gasteiger partial charge in [0, 0.05) is 32.4 Å². The Morgan fingerprint density at radius 2 is 1.88 bits per heavy atom. The van der Waals surface area contributed by atoms with E-state index in [1.165, 1.54) is 11.0 Å². The summed E-state index contributed by atoms with van der Waals surface area (Å²) in [6.45, 7) is 2.35. The average Bonchev–Trinajstić information content (AvgIpc) is 2.61. The molecule has 1 amide bonds. The Hall–Kier alpha value is -1.67. The molecule has 8 heteroatoms. The van der Waals surface area contributed by atoms with Gasteiger partial charge in [0.2, 0.25) is 10.0 Å². The molecule has 0 aromatic heterocycles. The van der Waals surface area contributed by atoms with Crippen LogP contribution in [-0.4, -0.2) is 51.7 Å². The molecule has 0 spiro atoms. The summed E-state index contributed by atoms with van der Waals surface area (Å²) in [4.78, 5) is 13.3. The number of sulfonamides is 1. The highest BCUT2D eigenvalue weighted by Crippen LogP contribution is 2.25. The highest BCUT2D eigenvalue weighted by Gasteiger charge is 2.24. The summed E-state index contributed by atoms with van der Waals surface area (Å²) in [7, 11) is 0.0277. The van der Waals surface area contributed by atoms with Gasteiger partial charge in [-0.1, -0.05) is 0 Å². The monoisotopic (exact) mass is 385 g/mol. The molecular weight excluding hydrogens is 357 g/mol. The minimum Gasteiger partial charge on any atom is -0.385 e. The number of carbonyl (C=O) groups excluding carboxylic acids is 1. The Morgan fingerprint density at radius 1 is 1.23 bits per heavy atom. The second kappa shape index (κ2) is 8.81. The summed E-state index contributed by atoms with van der Waals surface area (Å²) in [6.07, 6.45) is 3.49. The zero-order chi connectivity index (χ0) is 19.3. The molecule has 6 nitrogen and oxygen atoms in total. The van der Waals surface area contributed by atoms with Crippen LogP contribution in [-0.2, 0) is 10.0 Å². The van der Waals surface area contributed by atoms with Gasteiger partial charge < -0.3 is 10.2 Å². The molecule has 0 unspecified atom stereocenters. The Balaban J connectivity index is 1.87. The number of amides is 1. The number of anilines is 1. The van der Waals surface area contributed by atoms with Crippen molar-refractivity contribution in [3.63, 3.8) is 0 Å². The summed E-state index contributed by atoms with van der Waals surface area (Å²) in [5.41, 5.74) is 0.767. The lowest BCUT2D eigenvalue weighted by molar-refractivity contribution is 0.0823. The van der Waals surface area contributed by atoms with E-state index in [0.717, 1.165) is 25.7 Å². The van der Waals surface area contributed by atoms with E-state index in [9.17, 15) is 17.6 Å². The molecule has 0 heterocycles. The zero-order valence-electron chi connectivity index (χ0n) is 15.6. The maximum atomic E-state index is 13.9. The van der Waals surface area contributed by atoms with Gasteiger partial charge >= 0.3 is 0 Å². The Bertz CT molecular complexity index is 729. The molecule has 2 N–H and O–H groups in total. The zero-order valence-corrected chi connectivity index (χ0v) is 16.4. The quantitative estimate of drug-likeness (QED) is 0.756. The molecule has 1 aromatic carbocycles. The third kappa shape index (κ3) is 5.67. The molecule has 146 valence electrons. The second-order valence-electron chi connectivity index (χ2n) is 7.01. The molecule has 2 rings (SSSR count). The van der Waals surface area contributed by atoms with Gasteiger partial charge in [-0.15, -0.1) is 0 Å². The van der Waals surface area contributed by atoms with E-state index in [4.69, 9.17) is 0 Å². The van der Waals surface area contributed by atoms with Crippen LogP contribution in [0, 0.1) is 11.7 Å². The lowest BCUT2D eigenvalue weighted by atomic mass is 9.86. The molecule has 0 atom stereocenters. The van der Waals surface area contributed by atoms with Gasteiger partial charge in [0.1, 0.15) is 5.82 Å². The molecule has 1 aliphatic carbocycles. The van der Waals surface area contributed by atoms with Crippen molar-refractivity contribution in [2.24, 2.45) is 5.92 Å². The lowest BCUT2D eigenvalue weighted by Crippen LogP contribution is -2.39. The summed E-state index contributed by atoms with van der Waals surface area (Å²) in [6, 6.07) is 4.49. The SMILES string of the molecule is CCS(=O)(=O)NC1CCC(CNc2ccc(F)c(C(=O)N(C)C)c2)CC1. The predicted molar refractivity (Wildman–Crippen MR) is 101 cm³/mol. The van der Waals surface area contributed by atoms with E-state index >= 15 is 0 Å². The average molecular weight is 386 g/mol. The van der Waals surface area contributed by atoms with Gasteiger partial charge in [0.05, 0.1) is 11.3 Å². The van der Waals surface area contributed by atoms with Crippen LogP contribution in [0.1, 0.15) is 43.0 Å². The van der Waals surface area contributed by atoms with Crippen LogP contribution < -0.4 is 10.0 Å². The number of benzene rings is 1. The highest BCUT2D eigenvalue weighted by atomic mass is 32.2. The van der Waals surface area contributed by atoms with Gasteiger partial charge in [-0.05, 0) is 56.7 Å². The van der Waals surface area contributed by atoms with Crippen molar-refractivity contribution in [2.45, 2.75) is 38.6 Å². The second-order valence-corrected chi connectivity index (χ2v) is 9.06. The van der Waals surface area contributed by atoms with Crippen LogP contribution in [0.25, 0.3) is 0 Å². The van der Waals surface area contributed by atoms with Crippen LogP contribution in [0.5, 0.6) is 0 Å². The Kier molecular flexibility index (Phi) is 7.00. The molecule has 0 bridgehead atoms. The van der Waals surface area contributed by atoms with Crippen LogP contribution in [0.4, 0.5) is 10.1 Å². The van der Waals surface area contributed by atoms with E-state index in [1.54, 1.807) is 33.2 Å². The van der Waals surface area contributed by atoms with Crippen molar-refractivity contribution in [3.8, 4) is 0 Å². The number of nitrogens with one attached hydrogen (secondary N) is 2. The lowest BCUT2D eigenvalue weighted by Gasteiger charge is -2.29. The smallest absolute Gasteiger partial charge is 0.256 e. The Morgan fingerprint density at radius 3 is 2.46 bits per heavy atom. The van der Waals surface area contributed by atoms with Crippen LogP contribution in [0.2, 0.25) is 0 Å². The molecular formula is C18H28FN3O3S. The maximum absolute atomic E-state index is 13.9. The normalized spacial score (nSPS) is 20.6. The molecule has 1 aromatic rings. The number of halogens is 1. The van der Waals surface area contributed by atoms with E-state index in [2.05, 4.69) is 10.0 Å². The summed E-state index contributed by atoms with van der Waals surface area (Å²) in [5.74, 6) is -0.365. The minimum atomic E-state index is -3.15. The van der Waals surface area contributed by atoms with Crippen molar-refractivity contribution in [1.29, 1.82) is 0 Å². The van der Waals surface area contributed by atoms with E-state index in [0.29, 0.717) is 18.2 Å². The van der Waals surface area contributed by atoms with E-state index in [1.807, 2.05) is 0 Å². The fourth-order valence-electron chi connectivity index (χ4n) is 3.12. The van der Waals surface area contributed by atoms with Crippen molar-refractivity contribution in [1.82, 2.24) is 9.62 Å². The molecule has 26 heavy (non-hydrogen) atoms. The molecule has 1 aliphatic rings. The first-order chi connectivity index (χ1) is 12.2. The van der Waals surface area contributed by atoms with Gasteiger partial charge in [-0.3, -0.25) is 4.79 Å². The van der Waals surface area contributed by atoms with Crippen molar-refractivity contribution >= 4 is 21.6 Å². The minimum absolute atomic E-state index is 0.0198. The number of hydrogen-bond acceptors (Lipinski definition) is 4. The molecule has 0 saturated heterocycles. The predicted octanol–water partition coefficient (Wildman–Crippen LogP) is 2.44. The van der Waals surface area contributed by atoms with E-state index in [-0.39, 0.29) is 23.3 Å². The summed E-state index contributed by atoms with van der Waals surface area (Å²) in [5, 5.41) is 3.27. The molecule has 0 aliphatic heterocycles. The Labute approximate surface area is 155 Å². The fourth-order valence-corrected chi connectivity index (χ4v) is 4.03. The first kappa shape index (κ1) is 20.6. The van der Waals surface area contributed by atoms with Crippen molar-refractivity contribution in [3.05, 3.63) is 29.6 Å². The third-order valence-corrected chi connectivity index (χ3v) is 6.22.